The van der Waals surface area contributed by atoms with Crippen LogP contribution in [0.3, 0.4) is 0 Å². The van der Waals surface area contributed by atoms with Crippen LogP contribution in [0.25, 0.3) is 17.0 Å². The Bertz CT molecular complexity index is 1010. The summed E-state index contributed by atoms with van der Waals surface area (Å²) in [5.74, 6) is -0.579. The van der Waals surface area contributed by atoms with Crippen molar-refractivity contribution in [1.29, 1.82) is 0 Å². The van der Waals surface area contributed by atoms with Crippen LogP contribution in [-0.2, 0) is 0 Å². The fourth-order valence-electron chi connectivity index (χ4n) is 3.61. The van der Waals surface area contributed by atoms with Crippen molar-refractivity contribution in [3.05, 3.63) is 40.3 Å². The second kappa shape index (κ2) is 5.97. The summed E-state index contributed by atoms with van der Waals surface area (Å²) in [6.07, 6.45) is 3.48. The molecule has 0 aliphatic heterocycles. The molecule has 0 amide bonds. The number of hydrogen-bond donors (Lipinski definition) is 0. The largest absolute Gasteiger partial charge is 0.495 e. The third-order valence-corrected chi connectivity index (χ3v) is 5.37. The maximum absolute atomic E-state index is 14.3. The molecule has 3 aromatic rings. The Hall–Kier alpha value is -2.09. The Kier molecular flexibility index (Phi) is 3.98. The number of nitrogens with zero attached hydrogens (tertiary/aromatic N) is 4. The molecule has 3 aromatic heterocycles. The third-order valence-electron chi connectivity index (χ3n) is 4.82. The van der Waals surface area contributed by atoms with Gasteiger partial charge in [0.15, 0.2) is 17.3 Å². The van der Waals surface area contributed by atoms with Gasteiger partial charge in [-0.15, -0.1) is 0 Å². The lowest BCUT2D eigenvalue weighted by Crippen LogP contribution is -2.31. The second-order valence-electron chi connectivity index (χ2n) is 7.37. The second-order valence-corrected chi connectivity index (χ2v) is 8.12. The number of ether oxygens (including phenoxy) is 1. The molecule has 0 saturated heterocycles. The van der Waals surface area contributed by atoms with Gasteiger partial charge in [-0.3, -0.25) is 0 Å². The Balaban J connectivity index is 1.87. The van der Waals surface area contributed by atoms with Gasteiger partial charge in [0, 0.05) is 18.1 Å². The van der Waals surface area contributed by atoms with Crippen LogP contribution < -0.4 is 4.74 Å². The van der Waals surface area contributed by atoms with Crippen molar-refractivity contribution in [2.45, 2.75) is 32.6 Å². The molecular formula is C18H17BrF2N4O. The molecule has 8 heteroatoms. The number of pyridine rings is 1. The Labute approximate surface area is 157 Å². The van der Waals surface area contributed by atoms with E-state index >= 15 is 0 Å². The number of halogens is 3. The van der Waals surface area contributed by atoms with E-state index < -0.39 is 11.6 Å². The summed E-state index contributed by atoms with van der Waals surface area (Å²) in [5.41, 5.74) is 1.96. The number of imidazole rings is 1. The summed E-state index contributed by atoms with van der Waals surface area (Å²) in [7, 11) is 1.60. The zero-order valence-corrected chi connectivity index (χ0v) is 16.1. The first-order valence-corrected chi connectivity index (χ1v) is 9.03. The molecule has 4 rings (SSSR count). The molecule has 1 fully saturated rings. The Morgan fingerprint density at radius 2 is 1.96 bits per heavy atom. The van der Waals surface area contributed by atoms with Crippen molar-refractivity contribution in [3.8, 4) is 17.1 Å². The lowest BCUT2D eigenvalue weighted by molar-refractivity contribution is 0.145. The summed E-state index contributed by atoms with van der Waals surface area (Å²) < 4.78 is 34.8. The molecule has 0 aromatic carbocycles. The average molecular weight is 423 g/mol. The van der Waals surface area contributed by atoms with E-state index in [1.807, 2.05) is 0 Å². The molecule has 0 radical (unpaired) electrons. The van der Waals surface area contributed by atoms with E-state index in [0.717, 1.165) is 24.6 Å². The number of hydrogen-bond acceptors (Lipinski definition) is 4. The van der Waals surface area contributed by atoms with Crippen molar-refractivity contribution in [2.24, 2.45) is 5.41 Å². The lowest BCUT2D eigenvalue weighted by atomic mass is 9.63. The van der Waals surface area contributed by atoms with Gasteiger partial charge in [0.2, 0.25) is 0 Å². The smallest absolute Gasteiger partial charge is 0.158 e. The molecule has 0 atom stereocenters. The van der Waals surface area contributed by atoms with Crippen molar-refractivity contribution in [1.82, 2.24) is 19.6 Å². The molecular weight excluding hydrogens is 406 g/mol. The maximum Gasteiger partial charge on any atom is 0.158 e. The molecule has 0 N–H and O–H groups in total. The predicted octanol–water partition coefficient (Wildman–Crippen LogP) is 4.74. The van der Waals surface area contributed by atoms with E-state index in [0.29, 0.717) is 17.1 Å². The number of aromatic nitrogens is 4. The molecule has 136 valence electrons. The molecule has 5 nitrogen and oxygen atoms in total. The normalized spacial score (nSPS) is 16.7. The predicted molar refractivity (Wildman–Crippen MR) is 96.1 cm³/mol. The van der Waals surface area contributed by atoms with Gasteiger partial charge >= 0.3 is 0 Å². The first-order valence-electron chi connectivity index (χ1n) is 8.23. The highest BCUT2D eigenvalue weighted by Gasteiger charge is 2.39. The monoisotopic (exact) mass is 422 g/mol. The summed E-state index contributed by atoms with van der Waals surface area (Å²) in [5, 5.41) is 4.68. The van der Waals surface area contributed by atoms with Gasteiger partial charge in [0.25, 0.3) is 0 Å². The SMILES string of the molecule is COc1cc2ncc(-c3nc(Br)c(F)cc3F)n2nc1C1CC(C)(C)C1. The van der Waals surface area contributed by atoms with Crippen LogP contribution in [0.5, 0.6) is 5.75 Å². The van der Waals surface area contributed by atoms with Crippen LogP contribution in [0.2, 0.25) is 0 Å². The van der Waals surface area contributed by atoms with Crippen LogP contribution >= 0.6 is 15.9 Å². The minimum absolute atomic E-state index is 0.0108. The first kappa shape index (κ1) is 17.3. The van der Waals surface area contributed by atoms with Crippen molar-refractivity contribution < 1.29 is 13.5 Å². The molecule has 0 unspecified atom stereocenters. The standard InChI is InChI=1S/C18H17BrF2N4O/c1-18(2)6-9(7-18)15-13(26-3)5-14-22-8-12(25(14)24-15)16-10(20)4-11(21)17(19)23-16/h4-5,8-9H,6-7H2,1-3H3. The van der Waals surface area contributed by atoms with Crippen molar-refractivity contribution >= 4 is 21.6 Å². The van der Waals surface area contributed by atoms with E-state index in [-0.39, 0.29) is 21.6 Å². The lowest BCUT2D eigenvalue weighted by Gasteiger charge is -2.42. The van der Waals surface area contributed by atoms with Crippen molar-refractivity contribution in [2.75, 3.05) is 7.11 Å². The van der Waals surface area contributed by atoms with E-state index in [4.69, 9.17) is 4.74 Å². The quantitative estimate of drug-likeness (QED) is 0.571. The van der Waals surface area contributed by atoms with Gasteiger partial charge < -0.3 is 4.74 Å². The Morgan fingerprint density at radius 1 is 1.23 bits per heavy atom. The average Bonchev–Trinajstić information content (AvgIpc) is 2.97. The molecule has 0 spiro atoms. The Morgan fingerprint density at radius 3 is 2.62 bits per heavy atom. The van der Waals surface area contributed by atoms with Crippen LogP contribution in [0.1, 0.15) is 38.3 Å². The van der Waals surface area contributed by atoms with Crippen LogP contribution in [0, 0.1) is 17.0 Å². The number of methoxy groups -OCH3 is 1. The fourth-order valence-corrected chi connectivity index (χ4v) is 3.90. The number of fused-ring (bicyclic) bond motifs is 1. The molecule has 3 heterocycles. The van der Waals surface area contributed by atoms with Gasteiger partial charge in [-0.05, 0) is 34.2 Å². The van der Waals surface area contributed by atoms with Gasteiger partial charge in [0.05, 0.1) is 13.3 Å². The van der Waals surface area contributed by atoms with Gasteiger partial charge in [-0.25, -0.2) is 23.3 Å². The van der Waals surface area contributed by atoms with E-state index in [1.165, 1.54) is 6.20 Å². The third kappa shape index (κ3) is 2.76. The van der Waals surface area contributed by atoms with Crippen molar-refractivity contribution in [3.63, 3.8) is 0 Å². The fraction of sp³-hybridized carbons (Fsp3) is 0.389. The summed E-state index contributed by atoms with van der Waals surface area (Å²) in [4.78, 5) is 8.25. The van der Waals surface area contributed by atoms with Crippen LogP contribution in [0.15, 0.2) is 22.9 Å². The molecule has 1 aliphatic rings. The number of rotatable bonds is 3. The molecule has 0 bridgehead atoms. The zero-order chi connectivity index (χ0) is 18.6. The summed E-state index contributed by atoms with van der Waals surface area (Å²) in [6, 6.07) is 2.58. The highest BCUT2D eigenvalue weighted by atomic mass is 79.9. The minimum Gasteiger partial charge on any atom is -0.495 e. The van der Waals surface area contributed by atoms with Gasteiger partial charge in [-0.2, -0.15) is 5.10 Å². The minimum atomic E-state index is -0.767. The van der Waals surface area contributed by atoms with Crippen LogP contribution in [0.4, 0.5) is 8.78 Å². The van der Waals surface area contributed by atoms with Crippen LogP contribution in [-0.4, -0.2) is 26.7 Å². The summed E-state index contributed by atoms with van der Waals surface area (Å²) >= 11 is 3.00. The van der Waals surface area contributed by atoms with E-state index in [2.05, 4.69) is 44.8 Å². The molecule has 26 heavy (non-hydrogen) atoms. The van der Waals surface area contributed by atoms with E-state index in [9.17, 15) is 8.78 Å². The topological polar surface area (TPSA) is 52.3 Å². The zero-order valence-electron chi connectivity index (χ0n) is 14.6. The summed E-state index contributed by atoms with van der Waals surface area (Å²) in [6.45, 7) is 4.43. The molecule has 1 saturated carbocycles. The van der Waals surface area contributed by atoms with Gasteiger partial charge in [0.1, 0.15) is 27.4 Å². The van der Waals surface area contributed by atoms with Gasteiger partial charge in [-0.1, -0.05) is 13.8 Å². The highest BCUT2D eigenvalue weighted by Crippen LogP contribution is 2.51. The molecule has 1 aliphatic carbocycles. The first-order chi connectivity index (χ1) is 12.3. The van der Waals surface area contributed by atoms with E-state index in [1.54, 1.807) is 17.7 Å². The highest BCUT2D eigenvalue weighted by molar-refractivity contribution is 9.10. The maximum atomic E-state index is 14.3.